The third-order valence-corrected chi connectivity index (χ3v) is 9.13. The molecule has 1 aromatic heterocycles. The summed E-state index contributed by atoms with van der Waals surface area (Å²) in [6.45, 7) is 3.71. The smallest absolute Gasteiger partial charge is 0.243 e. The van der Waals surface area contributed by atoms with Crippen LogP contribution in [0, 0.1) is 0 Å². The molecular weight excluding hydrogens is 522 g/mol. The van der Waals surface area contributed by atoms with Gasteiger partial charge in [-0.2, -0.15) is 4.31 Å². The molecule has 7 nitrogen and oxygen atoms in total. The highest BCUT2D eigenvalue weighted by atomic mass is 35.5. The molecule has 0 bridgehead atoms. The lowest BCUT2D eigenvalue weighted by molar-refractivity contribution is 0.101. The van der Waals surface area contributed by atoms with Crippen LogP contribution in [0.15, 0.2) is 82.5 Å². The fourth-order valence-corrected chi connectivity index (χ4v) is 6.54. The molecule has 1 saturated heterocycles. The molecule has 1 fully saturated rings. The highest BCUT2D eigenvalue weighted by Crippen LogP contribution is 2.27. The van der Waals surface area contributed by atoms with E-state index in [4.69, 9.17) is 11.6 Å². The molecule has 0 amide bonds. The first-order chi connectivity index (χ1) is 18.2. The van der Waals surface area contributed by atoms with Crippen LogP contribution in [0.1, 0.15) is 28.5 Å². The molecule has 196 valence electrons. The Balaban J connectivity index is 1.60. The van der Waals surface area contributed by atoms with Gasteiger partial charge in [0.1, 0.15) is 0 Å². The van der Waals surface area contributed by atoms with Crippen LogP contribution in [0.25, 0.3) is 16.6 Å². The Hall–Kier alpha value is -3.30. The van der Waals surface area contributed by atoms with Gasteiger partial charge in [0, 0.05) is 61.2 Å². The number of Topliss-reactive ketones (excluding diaryl/α,β-unsaturated/α-hetero) is 1. The van der Waals surface area contributed by atoms with E-state index in [1.807, 2.05) is 37.4 Å². The van der Waals surface area contributed by atoms with Crippen LogP contribution in [0.4, 0.5) is 0 Å². The SMILES string of the molecule is CC(=O)c1c(Cc2ccc(S(=O)(=O)N3CCN(C)CC3)cc2)c(=O)c2ccc(Cl)cc2n1-c1ccccc1. The maximum Gasteiger partial charge on any atom is 0.243 e. The standard InChI is InChI=1S/C29H28ClN3O4S/c1-20(34)28-26(18-21-8-11-24(12-9-21)38(36,37)32-16-14-31(2)15-17-32)29(35)25-13-10-22(30)19-27(25)33(28)23-6-4-3-5-7-23/h3-13,19H,14-18H2,1-2H3. The number of nitrogens with zero attached hydrogens (tertiary/aromatic N) is 3. The monoisotopic (exact) mass is 549 g/mol. The maximum absolute atomic E-state index is 13.7. The first-order valence-corrected chi connectivity index (χ1v) is 14.2. The predicted octanol–water partition coefficient (Wildman–Crippen LogP) is 4.37. The quantitative estimate of drug-likeness (QED) is 0.334. The van der Waals surface area contributed by atoms with Crippen LogP contribution in [0.2, 0.25) is 5.02 Å². The minimum atomic E-state index is -3.61. The van der Waals surface area contributed by atoms with Gasteiger partial charge in [0.25, 0.3) is 0 Å². The molecule has 9 heteroatoms. The molecule has 0 unspecified atom stereocenters. The number of rotatable bonds is 6. The summed E-state index contributed by atoms with van der Waals surface area (Å²) in [4.78, 5) is 29.0. The van der Waals surface area contributed by atoms with Crippen LogP contribution in [-0.2, 0) is 16.4 Å². The summed E-state index contributed by atoms with van der Waals surface area (Å²) in [5.41, 5.74) is 2.41. The predicted molar refractivity (Wildman–Crippen MR) is 150 cm³/mol. The molecule has 3 aromatic carbocycles. The van der Waals surface area contributed by atoms with Crippen molar-refractivity contribution in [2.75, 3.05) is 33.2 Å². The average molecular weight is 550 g/mol. The summed E-state index contributed by atoms with van der Waals surface area (Å²) in [6.07, 6.45) is 0.175. The van der Waals surface area contributed by atoms with Crippen molar-refractivity contribution in [3.8, 4) is 5.69 Å². The van der Waals surface area contributed by atoms with Crippen LogP contribution in [-0.4, -0.2) is 61.2 Å². The van der Waals surface area contributed by atoms with Crippen molar-refractivity contribution in [1.29, 1.82) is 0 Å². The minimum absolute atomic E-state index is 0.175. The van der Waals surface area contributed by atoms with E-state index < -0.39 is 10.0 Å². The molecule has 4 aromatic rings. The van der Waals surface area contributed by atoms with Crippen molar-refractivity contribution in [2.24, 2.45) is 0 Å². The fraction of sp³-hybridized carbons (Fsp3) is 0.241. The number of halogens is 1. The van der Waals surface area contributed by atoms with Crippen LogP contribution >= 0.6 is 11.6 Å². The Kier molecular flexibility index (Phi) is 7.24. The third kappa shape index (κ3) is 4.92. The van der Waals surface area contributed by atoms with E-state index in [1.165, 1.54) is 11.2 Å². The molecular formula is C29H28ClN3O4S. The van der Waals surface area contributed by atoms with Crippen LogP contribution < -0.4 is 5.43 Å². The van der Waals surface area contributed by atoms with E-state index >= 15 is 0 Å². The van der Waals surface area contributed by atoms with Gasteiger partial charge in [-0.3, -0.25) is 9.59 Å². The number of sulfonamides is 1. The number of hydrogen-bond acceptors (Lipinski definition) is 5. The van der Waals surface area contributed by atoms with Crippen molar-refractivity contribution in [2.45, 2.75) is 18.2 Å². The molecule has 0 saturated carbocycles. The van der Waals surface area contributed by atoms with Gasteiger partial charge in [-0.05, 0) is 55.1 Å². The van der Waals surface area contributed by atoms with E-state index in [0.717, 1.165) is 11.3 Å². The molecule has 0 aliphatic carbocycles. The molecule has 5 rings (SSSR count). The Morgan fingerprint density at radius 1 is 0.921 bits per heavy atom. The molecule has 1 aliphatic rings. The van der Waals surface area contributed by atoms with Crippen molar-refractivity contribution < 1.29 is 13.2 Å². The number of fused-ring (bicyclic) bond motifs is 1. The number of ketones is 1. The fourth-order valence-electron chi connectivity index (χ4n) is 4.95. The van der Waals surface area contributed by atoms with E-state index in [1.54, 1.807) is 47.0 Å². The largest absolute Gasteiger partial charge is 0.306 e. The number of aromatic nitrogens is 1. The van der Waals surface area contributed by atoms with E-state index in [2.05, 4.69) is 4.90 Å². The molecule has 0 radical (unpaired) electrons. The molecule has 2 heterocycles. The molecule has 0 N–H and O–H groups in total. The van der Waals surface area contributed by atoms with Crippen LogP contribution in [0.3, 0.4) is 0 Å². The minimum Gasteiger partial charge on any atom is -0.306 e. The zero-order chi connectivity index (χ0) is 27.0. The van der Waals surface area contributed by atoms with Gasteiger partial charge in [0.15, 0.2) is 11.2 Å². The molecule has 0 spiro atoms. The average Bonchev–Trinajstić information content (AvgIpc) is 2.91. The Morgan fingerprint density at radius 2 is 1.58 bits per heavy atom. The summed E-state index contributed by atoms with van der Waals surface area (Å²) in [6, 6.07) is 21.0. The second-order valence-corrected chi connectivity index (χ2v) is 11.9. The van der Waals surface area contributed by atoms with Crippen LogP contribution in [0.5, 0.6) is 0 Å². The molecule has 38 heavy (non-hydrogen) atoms. The number of piperazine rings is 1. The number of carbonyl (C=O) groups is 1. The second-order valence-electron chi connectivity index (χ2n) is 9.57. The van der Waals surface area contributed by atoms with Gasteiger partial charge in [0.2, 0.25) is 10.0 Å². The summed E-state index contributed by atoms with van der Waals surface area (Å²) < 4.78 is 29.6. The lowest BCUT2D eigenvalue weighted by atomic mass is 9.98. The van der Waals surface area contributed by atoms with Gasteiger partial charge in [-0.25, -0.2) is 8.42 Å². The van der Waals surface area contributed by atoms with Gasteiger partial charge < -0.3 is 9.47 Å². The lowest BCUT2D eigenvalue weighted by Gasteiger charge is -2.31. The second kappa shape index (κ2) is 10.5. The van der Waals surface area contributed by atoms with Crippen molar-refractivity contribution in [3.05, 3.63) is 105 Å². The topological polar surface area (TPSA) is 79.7 Å². The van der Waals surface area contributed by atoms with Gasteiger partial charge >= 0.3 is 0 Å². The summed E-state index contributed by atoms with van der Waals surface area (Å²) in [5.74, 6) is -0.253. The van der Waals surface area contributed by atoms with E-state index in [9.17, 15) is 18.0 Å². The first-order valence-electron chi connectivity index (χ1n) is 12.4. The van der Waals surface area contributed by atoms with Gasteiger partial charge in [-0.1, -0.05) is 41.9 Å². The van der Waals surface area contributed by atoms with Gasteiger partial charge in [-0.15, -0.1) is 0 Å². The summed E-state index contributed by atoms with van der Waals surface area (Å²) in [7, 11) is -1.63. The number of carbonyl (C=O) groups excluding carboxylic acids is 1. The number of para-hydroxylation sites is 1. The summed E-state index contributed by atoms with van der Waals surface area (Å²) >= 11 is 6.29. The number of likely N-dealkylation sites (N-methyl/N-ethyl adjacent to an activating group) is 1. The highest BCUT2D eigenvalue weighted by molar-refractivity contribution is 7.89. The van der Waals surface area contributed by atoms with Crippen molar-refractivity contribution >= 4 is 38.3 Å². The normalized spacial score (nSPS) is 15.1. The third-order valence-electron chi connectivity index (χ3n) is 6.98. The van der Waals surface area contributed by atoms with Crippen molar-refractivity contribution in [1.82, 2.24) is 13.8 Å². The number of pyridine rings is 1. The maximum atomic E-state index is 13.7. The first kappa shape index (κ1) is 26.3. The van der Waals surface area contributed by atoms with Crippen molar-refractivity contribution in [3.63, 3.8) is 0 Å². The number of hydrogen-bond donors (Lipinski definition) is 0. The molecule has 1 aliphatic heterocycles. The number of benzene rings is 3. The van der Waals surface area contributed by atoms with E-state index in [-0.39, 0.29) is 28.2 Å². The highest BCUT2D eigenvalue weighted by Gasteiger charge is 2.27. The Bertz CT molecular complexity index is 1680. The van der Waals surface area contributed by atoms with E-state index in [0.29, 0.717) is 47.7 Å². The molecule has 0 atom stereocenters. The lowest BCUT2D eigenvalue weighted by Crippen LogP contribution is -2.46. The zero-order valence-electron chi connectivity index (χ0n) is 21.2. The Morgan fingerprint density at radius 3 is 2.21 bits per heavy atom. The Labute approximate surface area is 226 Å². The van der Waals surface area contributed by atoms with Gasteiger partial charge in [0.05, 0.1) is 16.1 Å². The zero-order valence-corrected chi connectivity index (χ0v) is 22.8. The summed E-state index contributed by atoms with van der Waals surface area (Å²) in [5, 5.41) is 0.911.